The lowest BCUT2D eigenvalue weighted by molar-refractivity contribution is 0.628. The van der Waals surface area contributed by atoms with E-state index in [9.17, 15) is 4.39 Å². The molecule has 0 unspecified atom stereocenters. The molecule has 1 aromatic rings. The lowest BCUT2D eigenvalue weighted by Crippen LogP contribution is -1.78. The number of benzene rings is 1. The minimum Gasteiger partial charge on any atom is -0.207 e. The zero-order valence-electron chi connectivity index (χ0n) is 8.74. The second kappa shape index (κ2) is 5.48. The maximum Gasteiger partial charge on any atom is 0.129 e. The highest BCUT2D eigenvalue weighted by atomic mass is 19.1. The Morgan fingerprint density at radius 1 is 1.19 bits per heavy atom. The molecule has 0 atom stereocenters. The monoisotopic (exact) mass is 212 g/mol. The van der Waals surface area contributed by atoms with Crippen LogP contribution < -0.4 is 0 Å². The molecule has 0 N–H and O–H groups in total. The molecule has 0 bridgehead atoms. The molecule has 16 heavy (non-hydrogen) atoms. The minimum atomic E-state index is -0.292. The van der Waals surface area contributed by atoms with Crippen LogP contribution >= 0.6 is 0 Å². The molecule has 0 fully saturated rings. The first-order valence-corrected chi connectivity index (χ1v) is 4.61. The Bertz CT molecular complexity index is 494. The van der Waals surface area contributed by atoms with Crippen LogP contribution in [0.5, 0.6) is 0 Å². The molecule has 0 aliphatic heterocycles. The molecule has 0 saturated heterocycles. The molecule has 1 aromatic carbocycles. The fourth-order valence-electron chi connectivity index (χ4n) is 1.18. The van der Waals surface area contributed by atoms with E-state index in [0.717, 1.165) is 11.1 Å². The van der Waals surface area contributed by atoms with Gasteiger partial charge in [-0.3, -0.25) is 0 Å². The first-order chi connectivity index (χ1) is 7.65. The van der Waals surface area contributed by atoms with E-state index < -0.39 is 0 Å². The molecule has 0 saturated carbocycles. The zero-order valence-corrected chi connectivity index (χ0v) is 8.74. The van der Waals surface area contributed by atoms with E-state index in [1.807, 2.05) is 0 Å². The summed E-state index contributed by atoms with van der Waals surface area (Å²) in [6, 6.07) is 9.53. The van der Waals surface area contributed by atoms with Crippen molar-refractivity contribution in [1.29, 1.82) is 10.5 Å². The van der Waals surface area contributed by atoms with Crippen LogP contribution in [-0.2, 0) is 0 Å². The average Bonchev–Trinajstić information content (AvgIpc) is 2.29. The number of allylic oxidation sites excluding steroid dienone is 3. The molecule has 0 radical (unpaired) electrons. The quantitative estimate of drug-likeness (QED) is 0.558. The maximum absolute atomic E-state index is 12.6. The largest absolute Gasteiger partial charge is 0.207 e. The van der Waals surface area contributed by atoms with Crippen molar-refractivity contribution < 1.29 is 4.39 Å². The van der Waals surface area contributed by atoms with Gasteiger partial charge in [0, 0.05) is 0 Å². The van der Waals surface area contributed by atoms with Gasteiger partial charge in [0.1, 0.15) is 23.5 Å². The van der Waals surface area contributed by atoms with Crippen molar-refractivity contribution in [3.05, 3.63) is 52.9 Å². The lowest BCUT2D eigenvalue weighted by Gasteiger charge is -1.95. The van der Waals surface area contributed by atoms with E-state index >= 15 is 0 Å². The molecule has 0 aliphatic carbocycles. The van der Waals surface area contributed by atoms with Gasteiger partial charge in [-0.1, -0.05) is 18.2 Å². The molecule has 0 aromatic heterocycles. The van der Waals surface area contributed by atoms with Gasteiger partial charge in [0.05, 0.1) is 0 Å². The summed E-state index contributed by atoms with van der Waals surface area (Å²) in [5, 5.41) is 17.1. The van der Waals surface area contributed by atoms with Crippen molar-refractivity contribution >= 4 is 6.08 Å². The Labute approximate surface area is 93.6 Å². The van der Waals surface area contributed by atoms with Gasteiger partial charge in [0.2, 0.25) is 0 Å². The maximum atomic E-state index is 12.6. The van der Waals surface area contributed by atoms with Crippen molar-refractivity contribution in [1.82, 2.24) is 0 Å². The standard InChI is InChI=1S/C13H9FN2/c1-10(7-12(8-15)9-16)6-11-2-4-13(14)5-3-11/h2-7H,1H3/b10-6+. The van der Waals surface area contributed by atoms with Crippen molar-refractivity contribution in [2.45, 2.75) is 6.92 Å². The van der Waals surface area contributed by atoms with Gasteiger partial charge in [-0.05, 0) is 36.3 Å². The first kappa shape index (κ1) is 11.7. The van der Waals surface area contributed by atoms with Crippen molar-refractivity contribution in [3.8, 4) is 12.1 Å². The highest BCUT2D eigenvalue weighted by Crippen LogP contribution is 2.10. The Morgan fingerprint density at radius 3 is 2.25 bits per heavy atom. The summed E-state index contributed by atoms with van der Waals surface area (Å²) in [6.07, 6.45) is 3.26. The number of hydrogen-bond donors (Lipinski definition) is 0. The fraction of sp³-hybridized carbons (Fsp3) is 0.0769. The van der Waals surface area contributed by atoms with E-state index in [4.69, 9.17) is 10.5 Å². The summed E-state index contributed by atoms with van der Waals surface area (Å²) in [5.74, 6) is -0.292. The Kier molecular flexibility index (Phi) is 4.00. The molecule has 0 spiro atoms. The summed E-state index contributed by atoms with van der Waals surface area (Å²) in [4.78, 5) is 0. The van der Waals surface area contributed by atoms with E-state index in [-0.39, 0.29) is 11.4 Å². The van der Waals surface area contributed by atoms with Crippen LogP contribution in [0.1, 0.15) is 12.5 Å². The van der Waals surface area contributed by atoms with Gasteiger partial charge in [-0.2, -0.15) is 10.5 Å². The van der Waals surface area contributed by atoms with Crippen LogP contribution in [0.4, 0.5) is 4.39 Å². The highest BCUT2D eigenvalue weighted by Gasteiger charge is 1.94. The predicted octanol–water partition coefficient (Wildman–Crippen LogP) is 3.20. The Balaban J connectivity index is 2.95. The van der Waals surface area contributed by atoms with Crippen LogP contribution in [0, 0.1) is 28.5 Å². The Morgan fingerprint density at radius 2 is 1.75 bits per heavy atom. The van der Waals surface area contributed by atoms with Gasteiger partial charge in [-0.25, -0.2) is 4.39 Å². The number of halogens is 1. The molecule has 1 rings (SSSR count). The first-order valence-electron chi connectivity index (χ1n) is 4.61. The van der Waals surface area contributed by atoms with Crippen LogP contribution in [-0.4, -0.2) is 0 Å². The summed E-state index contributed by atoms with van der Waals surface area (Å²) >= 11 is 0. The molecule has 0 heterocycles. The van der Waals surface area contributed by atoms with Gasteiger partial charge in [0.25, 0.3) is 0 Å². The van der Waals surface area contributed by atoms with Gasteiger partial charge in [0.15, 0.2) is 0 Å². The fourth-order valence-corrected chi connectivity index (χ4v) is 1.18. The van der Waals surface area contributed by atoms with E-state index in [1.54, 1.807) is 37.3 Å². The summed E-state index contributed by atoms with van der Waals surface area (Å²) in [5.41, 5.74) is 1.64. The number of nitrogens with zero attached hydrogens (tertiary/aromatic N) is 2. The zero-order chi connectivity index (χ0) is 12.0. The van der Waals surface area contributed by atoms with Crippen LogP contribution in [0.25, 0.3) is 6.08 Å². The predicted molar refractivity (Wildman–Crippen MR) is 59.4 cm³/mol. The van der Waals surface area contributed by atoms with Crippen LogP contribution in [0.2, 0.25) is 0 Å². The highest BCUT2D eigenvalue weighted by molar-refractivity contribution is 5.57. The third kappa shape index (κ3) is 3.40. The van der Waals surface area contributed by atoms with E-state index in [1.165, 1.54) is 18.2 Å². The SMILES string of the molecule is C/C(C=C(C#N)C#N)=C\c1ccc(F)cc1. The lowest BCUT2D eigenvalue weighted by atomic mass is 10.1. The second-order valence-corrected chi connectivity index (χ2v) is 3.22. The summed E-state index contributed by atoms with van der Waals surface area (Å²) < 4.78 is 12.6. The molecular weight excluding hydrogens is 203 g/mol. The van der Waals surface area contributed by atoms with Crippen molar-refractivity contribution in [3.63, 3.8) is 0 Å². The van der Waals surface area contributed by atoms with E-state index in [0.29, 0.717) is 0 Å². The Hall–Kier alpha value is -2.39. The third-order valence-electron chi connectivity index (χ3n) is 1.88. The molecule has 2 nitrogen and oxygen atoms in total. The third-order valence-corrected chi connectivity index (χ3v) is 1.88. The second-order valence-electron chi connectivity index (χ2n) is 3.22. The number of hydrogen-bond acceptors (Lipinski definition) is 2. The molecule has 0 amide bonds. The van der Waals surface area contributed by atoms with E-state index in [2.05, 4.69) is 0 Å². The van der Waals surface area contributed by atoms with Crippen molar-refractivity contribution in [2.75, 3.05) is 0 Å². The molecule has 3 heteroatoms. The smallest absolute Gasteiger partial charge is 0.129 e. The topological polar surface area (TPSA) is 47.6 Å². The normalized spacial score (nSPS) is 10.1. The molecular formula is C13H9FN2. The van der Waals surface area contributed by atoms with Crippen molar-refractivity contribution in [2.24, 2.45) is 0 Å². The van der Waals surface area contributed by atoms with Crippen LogP contribution in [0.3, 0.4) is 0 Å². The van der Waals surface area contributed by atoms with Gasteiger partial charge < -0.3 is 0 Å². The molecule has 78 valence electrons. The number of nitriles is 2. The summed E-state index contributed by atoms with van der Waals surface area (Å²) in [6.45, 7) is 1.78. The molecule has 0 aliphatic rings. The minimum absolute atomic E-state index is 0.0517. The summed E-state index contributed by atoms with van der Waals surface area (Å²) in [7, 11) is 0. The van der Waals surface area contributed by atoms with Crippen LogP contribution in [0.15, 0.2) is 41.5 Å². The van der Waals surface area contributed by atoms with Gasteiger partial charge in [-0.15, -0.1) is 0 Å². The average molecular weight is 212 g/mol. The number of rotatable bonds is 2. The van der Waals surface area contributed by atoms with Gasteiger partial charge >= 0.3 is 0 Å².